The molecule has 6 heteroatoms. The van der Waals surface area contributed by atoms with E-state index in [1.54, 1.807) is 14.2 Å². The fourth-order valence-electron chi connectivity index (χ4n) is 2.94. The van der Waals surface area contributed by atoms with E-state index in [9.17, 15) is 0 Å². The van der Waals surface area contributed by atoms with E-state index < -0.39 is 0 Å². The number of hydrogen-bond acceptors (Lipinski definition) is 3. The van der Waals surface area contributed by atoms with Crippen LogP contribution >= 0.6 is 24.0 Å². The highest BCUT2D eigenvalue weighted by Gasteiger charge is 2.53. The quantitative estimate of drug-likeness (QED) is 0.411. The van der Waals surface area contributed by atoms with Crippen molar-refractivity contribution < 1.29 is 9.47 Å². The predicted octanol–water partition coefficient (Wildman–Crippen LogP) is 3.91. The highest BCUT2D eigenvalue weighted by molar-refractivity contribution is 14.0. The third-order valence-corrected chi connectivity index (χ3v) is 5.33. The van der Waals surface area contributed by atoms with Gasteiger partial charge < -0.3 is 19.7 Å². The van der Waals surface area contributed by atoms with Crippen LogP contribution in [0, 0.1) is 5.41 Å². The molecule has 2 rings (SSSR count). The van der Waals surface area contributed by atoms with Crippen LogP contribution in [0.25, 0.3) is 0 Å². The van der Waals surface area contributed by atoms with Gasteiger partial charge in [0.1, 0.15) is 0 Å². The average Bonchev–Trinajstić information content (AvgIpc) is 2.56. The molecule has 1 N–H and O–H groups in total. The summed E-state index contributed by atoms with van der Waals surface area (Å²) in [5.74, 6) is 2.44. The van der Waals surface area contributed by atoms with E-state index in [1.165, 1.54) is 0 Å². The molecule has 5 nitrogen and oxygen atoms in total. The fraction of sp³-hybridized carbons (Fsp3) is 0.632. The minimum atomic E-state index is 0. The second kappa shape index (κ2) is 8.47. The summed E-state index contributed by atoms with van der Waals surface area (Å²) in [6, 6.07) is 5.93. The Hall–Kier alpha value is -1.18. The van der Waals surface area contributed by atoms with Crippen LogP contribution in [0.3, 0.4) is 0 Å². The molecule has 0 atom stereocenters. The number of nitrogens with zero attached hydrogens (tertiary/aromatic N) is 2. The number of aliphatic imine (C=N–C) groups is 1. The number of guanidine groups is 1. The van der Waals surface area contributed by atoms with Gasteiger partial charge in [-0.05, 0) is 38.5 Å². The van der Waals surface area contributed by atoms with E-state index in [1.807, 2.05) is 18.2 Å². The summed E-state index contributed by atoms with van der Waals surface area (Å²) in [4.78, 5) is 7.19. The molecule has 1 aliphatic heterocycles. The zero-order chi connectivity index (χ0) is 18.0. The summed E-state index contributed by atoms with van der Waals surface area (Å²) < 4.78 is 10.7. The molecule has 1 aromatic carbocycles. The second-order valence-corrected chi connectivity index (χ2v) is 7.39. The first-order chi connectivity index (χ1) is 11.3. The predicted molar refractivity (Wildman–Crippen MR) is 114 cm³/mol. The molecule has 25 heavy (non-hydrogen) atoms. The van der Waals surface area contributed by atoms with Crippen LogP contribution < -0.4 is 14.8 Å². The van der Waals surface area contributed by atoms with E-state index in [-0.39, 0.29) is 34.9 Å². The second-order valence-electron chi connectivity index (χ2n) is 7.39. The van der Waals surface area contributed by atoms with Crippen molar-refractivity contribution in [3.05, 3.63) is 23.8 Å². The van der Waals surface area contributed by atoms with E-state index in [0.29, 0.717) is 6.54 Å². The Morgan fingerprint density at radius 1 is 1.16 bits per heavy atom. The number of halogens is 1. The van der Waals surface area contributed by atoms with Crippen LogP contribution in [0.15, 0.2) is 23.2 Å². The molecule has 1 aromatic rings. The van der Waals surface area contributed by atoms with Gasteiger partial charge in [-0.3, -0.25) is 0 Å². The van der Waals surface area contributed by atoms with Crippen LogP contribution in [-0.4, -0.2) is 43.7 Å². The van der Waals surface area contributed by atoms with Crippen molar-refractivity contribution in [2.24, 2.45) is 10.4 Å². The van der Waals surface area contributed by atoms with Gasteiger partial charge in [-0.2, -0.15) is 0 Å². The number of benzene rings is 1. The lowest BCUT2D eigenvalue weighted by atomic mass is 9.65. The molecule has 0 amide bonds. The Kier molecular flexibility index (Phi) is 7.40. The highest BCUT2D eigenvalue weighted by atomic mass is 127. The molecule has 0 bridgehead atoms. The maximum Gasteiger partial charge on any atom is 0.194 e. The topological polar surface area (TPSA) is 46.1 Å². The lowest BCUT2D eigenvalue weighted by molar-refractivity contribution is -0.0667. The minimum absolute atomic E-state index is 0. The minimum Gasteiger partial charge on any atom is -0.493 e. The normalized spacial score (nSPS) is 18.0. The van der Waals surface area contributed by atoms with Gasteiger partial charge in [0.05, 0.1) is 20.8 Å². The summed E-state index contributed by atoms with van der Waals surface area (Å²) in [6.45, 7) is 13.7. The highest BCUT2D eigenvalue weighted by Crippen LogP contribution is 2.46. The smallest absolute Gasteiger partial charge is 0.194 e. The van der Waals surface area contributed by atoms with Crippen LogP contribution in [0.2, 0.25) is 0 Å². The number of rotatable bonds is 5. The SMILES string of the molecule is CCNC(=NCc1ccc(OC)c(OC)c1)N1CC(C)(C)C1(C)C.I. The van der Waals surface area contributed by atoms with Gasteiger partial charge >= 0.3 is 0 Å². The summed E-state index contributed by atoms with van der Waals surface area (Å²) in [6.07, 6.45) is 0. The largest absolute Gasteiger partial charge is 0.493 e. The number of hydrogen-bond donors (Lipinski definition) is 1. The van der Waals surface area contributed by atoms with Gasteiger partial charge in [0.2, 0.25) is 0 Å². The Bertz CT molecular complexity index is 615. The summed E-state index contributed by atoms with van der Waals surface area (Å²) in [5, 5.41) is 3.42. The van der Waals surface area contributed by atoms with Gasteiger partial charge in [0.25, 0.3) is 0 Å². The molecule has 0 unspecified atom stereocenters. The molecule has 0 aliphatic carbocycles. The fourth-order valence-corrected chi connectivity index (χ4v) is 2.94. The van der Waals surface area contributed by atoms with Crippen molar-refractivity contribution in [3.63, 3.8) is 0 Å². The Morgan fingerprint density at radius 3 is 2.28 bits per heavy atom. The van der Waals surface area contributed by atoms with Gasteiger partial charge in [-0.15, -0.1) is 24.0 Å². The molecule has 0 saturated carbocycles. The summed E-state index contributed by atoms with van der Waals surface area (Å²) >= 11 is 0. The first-order valence-corrected chi connectivity index (χ1v) is 8.53. The lowest BCUT2D eigenvalue weighted by Gasteiger charge is -2.62. The molecule has 1 fully saturated rings. The maximum atomic E-state index is 5.37. The van der Waals surface area contributed by atoms with Crippen molar-refractivity contribution in [2.45, 2.75) is 46.7 Å². The molecule has 142 valence electrons. The maximum absolute atomic E-state index is 5.37. The lowest BCUT2D eigenvalue weighted by Crippen LogP contribution is -2.72. The van der Waals surface area contributed by atoms with Crippen LogP contribution in [0.1, 0.15) is 40.2 Å². The molecular formula is C19H32IN3O2. The van der Waals surface area contributed by atoms with Crippen LogP contribution in [-0.2, 0) is 6.54 Å². The van der Waals surface area contributed by atoms with E-state index >= 15 is 0 Å². The molecular weight excluding hydrogens is 429 g/mol. The van der Waals surface area contributed by atoms with Crippen molar-refractivity contribution in [1.82, 2.24) is 10.2 Å². The van der Waals surface area contributed by atoms with Crippen molar-refractivity contribution in [2.75, 3.05) is 27.3 Å². The average molecular weight is 461 g/mol. The van der Waals surface area contributed by atoms with Crippen molar-refractivity contribution >= 4 is 29.9 Å². The van der Waals surface area contributed by atoms with Gasteiger partial charge in [-0.25, -0.2) is 4.99 Å². The van der Waals surface area contributed by atoms with Crippen molar-refractivity contribution in [3.8, 4) is 11.5 Å². The van der Waals surface area contributed by atoms with E-state index in [4.69, 9.17) is 14.5 Å². The van der Waals surface area contributed by atoms with Gasteiger partial charge in [0, 0.05) is 24.0 Å². The van der Waals surface area contributed by atoms with Crippen LogP contribution in [0.4, 0.5) is 0 Å². The van der Waals surface area contributed by atoms with Gasteiger partial charge in [-0.1, -0.05) is 19.9 Å². The molecule has 0 radical (unpaired) electrons. The van der Waals surface area contributed by atoms with Crippen molar-refractivity contribution in [1.29, 1.82) is 0 Å². The molecule has 0 aromatic heterocycles. The number of methoxy groups -OCH3 is 2. The number of ether oxygens (including phenoxy) is 2. The Labute approximate surface area is 169 Å². The zero-order valence-electron chi connectivity index (χ0n) is 16.5. The van der Waals surface area contributed by atoms with Gasteiger partial charge in [0.15, 0.2) is 17.5 Å². The number of nitrogens with one attached hydrogen (secondary N) is 1. The van der Waals surface area contributed by atoms with E-state index in [0.717, 1.165) is 36.1 Å². The molecule has 1 heterocycles. The Balaban J connectivity index is 0.00000312. The standard InChI is InChI=1S/C19H31N3O2.HI/c1-8-20-17(22-13-18(2,3)19(22,4)5)21-12-14-9-10-15(23-6)16(11-14)24-7;/h9-11H,8,12-13H2,1-7H3,(H,20,21);1H. The molecule has 0 spiro atoms. The summed E-state index contributed by atoms with van der Waals surface area (Å²) in [5.41, 5.74) is 1.47. The molecule has 1 saturated heterocycles. The summed E-state index contributed by atoms with van der Waals surface area (Å²) in [7, 11) is 3.30. The zero-order valence-corrected chi connectivity index (χ0v) is 18.8. The first-order valence-electron chi connectivity index (χ1n) is 8.53. The molecule has 1 aliphatic rings. The monoisotopic (exact) mass is 461 g/mol. The van der Waals surface area contributed by atoms with E-state index in [2.05, 4.69) is 44.8 Å². The van der Waals surface area contributed by atoms with Crippen LogP contribution in [0.5, 0.6) is 11.5 Å². The third kappa shape index (κ3) is 4.33. The third-order valence-electron chi connectivity index (χ3n) is 5.33. The Morgan fingerprint density at radius 2 is 1.80 bits per heavy atom. The first kappa shape index (κ1) is 21.9. The number of likely N-dealkylation sites (tertiary alicyclic amines) is 1.